The Kier molecular flexibility index (Phi) is 5.83. The fourth-order valence-corrected chi connectivity index (χ4v) is 3.09. The first-order valence-corrected chi connectivity index (χ1v) is 7.58. The van der Waals surface area contributed by atoms with Crippen LogP contribution in [0.1, 0.15) is 26.2 Å². The van der Waals surface area contributed by atoms with Gasteiger partial charge in [0, 0.05) is 13.1 Å². The molecule has 0 unspecified atom stereocenters. The van der Waals surface area contributed by atoms with E-state index in [2.05, 4.69) is 4.74 Å². The van der Waals surface area contributed by atoms with E-state index in [9.17, 15) is 13.2 Å². The zero-order valence-corrected chi connectivity index (χ0v) is 11.4. The van der Waals surface area contributed by atoms with E-state index >= 15 is 0 Å². The fourth-order valence-electron chi connectivity index (χ4n) is 2.00. The van der Waals surface area contributed by atoms with E-state index < -0.39 is 16.3 Å². The van der Waals surface area contributed by atoms with Gasteiger partial charge >= 0.3 is 16.3 Å². The van der Waals surface area contributed by atoms with Gasteiger partial charge < -0.3 is 10.5 Å². The molecule has 106 valence electrons. The molecule has 1 fully saturated rings. The van der Waals surface area contributed by atoms with E-state index in [1.165, 1.54) is 4.31 Å². The van der Waals surface area contributed by atoms with E-state index in [0.29, 0.717) is 25.6 Å². The van der Waals surface area contributed by atoms with Crippen LogP contribution in [-0.2, 0) is 14.9 Å². The molecule has 0 aliphatic carbocycles. The molecule has 0 spiro atoms. The van der Waals surface area contributed by atoms with Gasteiger partial charge in [0.1, 0.15) is 0 Å². The average molecular weight is 279 g/mol. The molecular formula is C10H21N3O4S. The van der Waals surface area contributed by atoms with Crippen LogP contribution in [-0.4, -0.2) is 45.1 Å². The van der Waals surface area contributed by atoms with E-state index in [1.54, 1.807) is 6.92 Å². The molecule has 0 atom stereocenters. The molecule has 0 aromatic heterocycles. The van der Waals surface area contributed by atoms with Gasteiger partial charge in [-0.05, 0) is 38.6 Å². The number of nitrogens with zero attached hydrogens (tertiary/aromatic N) is 1. The van der Waals surface area contributed by atoms with Crippen molar-refractivity contribution in [3.63, 3.8) is 0 Å². The molecule has 3 N–H and O–H groups in total. The van der Waals surface area contributed by atoms with Crippen molar-refractivity contribution in [2.45, 2.75) is 26.2 Å². The third-order valence-corrected chi connectivity index (χ3v) is 4.45. The van der Waals surface area contributed by atoms with Crippen molar-refractivity contribution in [3.8, 4) is 0 Å². The molecule has 18 heavy (non-hydrogen) atoms. The lowest BCUT2D eigenvalue weighted by Crippen LogP contribution is -2.47. The highest BCUT2D eigenvalue weighted by molar-refractivity contribution is 7.87. The molecule has 0 radical (unpaired) electrons. The summed E-state index contributed by atoms with van der Waals surface area (Å²) in [6, 6.07) is 0. The van der Waals surface area contributed by atoms with E-state index in [0.717, 1.165) is 19.3 Å². The Morgan fingerprint density at radius 2 is 2.06 bits per heavy atom. The molecule has 1 amide bonds. The normalized spacial score (nSPS) is 18.6. The summed E-state index contributed by atoms with van der Waals surface area (Å²) >= 11 is 0. The smallest absolute Gasteiger partial charge is 0.421 e. The summed E-state index contributed by atoms with van der Waals surface area (Å²) in [6.07, 6.45) is 1.54. The van der Waals surface area contributed by atoms with Crippen molar-refractivity contribution in [2.24, 2.45) is 11.7 Å². The Morgan fingerprint density at radius 3 is 2.56 bits per heavy atom. The van der Waals surface area contributed by atoms with Gasteiger partial charge in [0.25, 0.3) is 0 Å². The molecule has 1 aliphatic heterocycles. The first kappa shape index (κ1) is 15.2. The summed E-state index contributed by atoms with van der Waals surface area (Å²) in [4.78, 5) is 11.1. The quantitative estimate of drug-likeness (QED) is 0.739. The maximum absolute atomic E-state index is 11.8. The van der Waals surface area contributed by atoms with Crippen molar-refractivity contribution >= 4 is 16.3 Å². The van der Waals surface area contributed by atoms with Crippen LogP contribution < -0.4 is 10.5 Å². The van der Waals surface area contributed by atoms with Gasteiger partial charge in [-0.2, -0.15) is 12.7 Å². The highest BCUT2D eigenvalue weighted by Gasteiger charge is 2.29. The maximum Gasteiger partial charge on any atom is 0.421 e. The van der Waals surface area contributed by atoms with Crippen LogP contribution in [0.3, 0.4) is 0 Å². The number of piperidine rings is 1. The topological polar surface area (TPSA) is 102 Å². The number of carbonyl (C=O) groups is 1. The zero-order valence-electron chi connectivity index (χ0n) is 10.6. The zero-order chi connectivity index (χ0) is 13.6. The van der Waals surface area contributed by atoms with E-state index in [-0.39, 0.29) is 6.61 Å². The lowest BCUT2D eigenvalue weighted by molar-refractivity contribution is 0.157. The maximum atomic E-state index is 11.8. The number of amides is 1. The van der Waals surface area contributed by atoms with Crippen molar-refractivity contribution < 1.29 is 17.9 Å². The molecular weight excluding hydrogens is 258 g/mol. The summed E-state index contributed by atoms with van der Waals surface area (Å²) in [7, 11) is -3.77. The Balaban J connectivity index is 2.47. The van der Waals surface area contributed by atoms with E-state index in [4.69, 9.17) is 5.73 Å². The van der Waals surface area contributed by atoms with Gasteiger partial charge in [0.15, 0.2) is 0 Å². The fraction of sp³-hybridized carbons (Fsp3) is 0.900. The predicted molar refractivity (Wildman–Crippen MR) is 67.0 cm³/mol. The summed E-state index contributed by atoms with van der Waals surface area (Å²) in [5, 5.41) is 0. The Bertz CT molecular complexity index is 363. The minimum absolute atomic E-state index is 0.139. The lowest BCUT2D eigenvalue weighted by atomic mass is 9.95. The monoisotopic (exact) mass is 279 g/mol. The molecule has 1 heterocycles. The minimum atomic E-state index is -3.77. The molecule has 1 saturated heterocycles. The number of nitrogens with two attached hydrogens (primary N) is 1. The number of carbonyl (C=O) groups excluding carboxylic acids is 1. The third-order valence-electron chi connectivity index (χ3n) is 2.98. The predicted octanol–water partition coefficient (Wildman–Crippen LogP) is 0.0381. The van der Waals surface area contributed by atoms with Crippen LogP contribution in [0.5, 0.6) is 0 Å². The van der Waals surface area contributed by atoms with Crippen LogP contribution in [0.25, 0.3) is 0 Å². The second-order valence-electron chi connectivity index (χ2n) is 4.25. The molecule has 1 rings (SSSR count). The number of hydrogen-bond donors (Lipinski definition) is 2. The molecule has 0 aromatic carbocycles. The van der Waals surface area contributed by atoms with Crippen LogP contribution in [0.15, 0.2) is 0 Å². The van der Waals surface area contributed by atoms with Gasteiger partial charge in [-0.1, -0.05) is 0 Å². The first-order valence-electron chi connectivity index (χ1n) is 6.14. The van der Waals surface area contributed by atoms with Gasteiger partial charge in [0.2, 0.25) is 0 Å². The summed E-state index contributed by atoms with van der Waals surface area (Å²) in [6.45, 7) is 3.21. The molecule has 1 aliphatic rings. The Labute approximate surface area is 108 Å². The van der Waals surface area contributed by atoms with Gasteiger partial charge in [-0.3, -0.25) is 0 Å². The van der Waals surface area contributed by atoms with Crippen LogP contribution in [0.2, 0.25) is 0 Å². The second-order valence-corrected chi connectivity index (χ2v) is 5.92. The van der Waals surface area contributed by atoms with E-state index in [1.807, 2.05) is 4.72 Å². The summed E-state index contributed by atoms with van der Waals surface area (Å²) < 4.78 is 31.4. The third kappa shape index (κ3) is 4.43. The van der Waals surface area contributed by atoms with Crippen LogP contribution >= 0.6 is 0 Å². The van der Waals surface area contributed by atoms with Gasteiger partial charge in [0.05, 0.1) is 6.61 Å². The summed E-state index contributed by atoms with van der Waals surface area (Å²) in [5.41, 5.74) is 5.47. The number of nitrogens with one attached hydrogen (secondary N) is 1. The lowest BCUT2D eigenvalue weighted by Gasteiger charge is -2.30. The minimum Gasteiger partial charge on any atom is -0.449 e. The number of ether oxygens (including phenoxy) is 1. The number of hydrogen-bond acceptors (Lipinski definition) is 5. The Hall–Kier alpha value is -0.860. The largest absolute Gasteiger partial charge is 0.449 e. The highest BCUT2D eigenvalue weighted by atomic mass is 32.2. The molecule has 0 aromatic rings. The molecule has 0 saturated carbocycles. The van der Waals surface area contributed by atoms with Crippen molar-refractivity contribution in [2.75, 3.05) is 26.2 Å². The molecule has 8 heteroatoms. The van der Waals surface area contributed by atoms with Crippen molar-refractivity contribution in [3.05, 3.63) is 0 Å². The molecule has 0 bridgehead atoms. The summed E-state index contributed by atoms with van der Waals surface area (Å²) in [5.74, 6) is 0.476. The highest BCUT2D eigenvalue weighted by Crippen LogP contribution is 2.21. The van der Waals surface area contributed by atoms with Gasteiger partial charge in [-0.25, -0.2) is 9.52 Å². The first-order chi connectivity index (χ1) is 8.49. The van der Waals surface area contributed by atoms with Crippen LogP contribution in [0, 0.1) is 5.92 Å². The standard InChI is InChI=1S/C10H21N3O4S/c1-2-17-10(14)12-18(15,16)13-7-4-9(3-6-11)5-8-13/h9H,2-8,11H2,1H3,(H,12,14). The Morgan fingerprint density at radius 1 is 1.44 bits per heavy atom. The number of rotatable bonds is 5. The average Bonchev–Trinajstić information content (AvgIpc) is 2.29. The second kappa shape index (κ2) is 6.91. The van der Waals surface area contributed by atoms with Crippen molar-refractivity contribution in [1.82, 2.24) is 9.03 Å². The van der Waals surface area contributed by atoms with Gasteiger partial charge in [-0.15, -0.1) is 0 Å². The van der Waals surface area contributed by atoms with Crippen molar-refractivity contribution in [1.29, 1.82) is 0 Å². The van der Waals surface area contributed by atoms with Crippen LogP contribution in [0.4, 0.5) is 4.79 Å². The molecule has 7 nitrogen and oxygen atoms in total. The SMILES string of the molecule is CCOC(=O)NS(=O)(=O)N1CCC(CCN)CC1.